The Labute approximate surface area is 419 Å². The average Bonchev–Trinajstić information content (AvgIpc) is 3.34. The van der Waals surface area contributed by atoms with Gasteiger partial charge in [0.25, 0.3) is 0 Å². The minimum atomic E-state index is -0.820. The van der Waals surface area contributed by atoms with E-state index < -0.39 is 6.10 Å². The first-order valence-electron chi connectivity index (χ1n) is 27.9. The highest BCUT2D eigenvalue weighted by atomic mass is 16.6. The molecule has 0 spiro atoms. The Hall–Kier alpha value is -3.93. The van der Waals surface area contributed by atoms with Gasteiger partial charge in [-0.3, -0.25) is 14.4 Å². The van der Waals surface area contributed by atoms with Crippen molar-refractivity contribution in [2.45, 2.75) is 252 Å². The van der Waals surface area contributed by atoms with Gasteiger partial charge in [0.05, 0.1) is 0 Å². The highest BCUT2D eigenvalue weighted by molar-refractivity contribution is 5.71. The summed E-state index contributed by atoms with van der Waals surface area (Å²) in [6, 6.07) is 0. The molecule has 0 aliphatic heterocycles. The number of rotatable bonds is 49. The summed E-state index contributed by atoms with van der Waals surface area (Å²) in [6.07, 6.45) is 75.1. The van der Waals surface area contributed by atoms with E-state index in [0.29, 0.717) is 12.8 Å². The molecule has 68 heavy (non-hydrogen) atoms. The van der Waals surface area contributed by atoms with Gasteiger partial charge in [0.2, 0.25) is 0 Å². The van der Waals surface area contributed by atoms with Crippen molar-refractivity contribution in [3.05, 3.63) is 109 Å². The molecule has 0 aromatic carbocycles. The summed E-state index contributed by atoms with van der Waals surface area (Å²) in [5, 5.41) is 0. The summed E-state index contributed by atoms with van der Waals surface area (Å²) in [4.78, 5) is 38.1. The number of allylic oxidation sites excluding steroid dienone is 18. The van der Waals surface area contributed by atoms with E-state index in [1.165, 1.54) is 83.5 Å². The lowest BCUT2D eigenvalue weighted by atomic mass is 10.1. The normalized spacial score (nSPS) is 12.9. The fraction of sp³-hybridized carbons (Fsp3) is 0.661. The van der Waals surface area contributed by atoms with E-state index >= 15 is 0 Å². The molecule has 1 unspecified atom stereocenters. The lowest BCUT2D eigenvalue weighted by molar-refractivity contribution is -0.166. The fourth-order valence-corrected chi connectivity index (χ4v) is 7.37. The molecular formula is C62H102O6. The summed E-state index contributed by atoms with van der Waals surface area (Å²) in [7, 11) is 0. The van der Waals surface area contributed by atoms with Gasteiger partial charge in [-0.15, -0.1) is 0 Å². The van der Waals surface area contributed by atoms with Crippen LogP contribution in [0.25, 0.3) is 0 Å². The largest absolute Gasteiger partial charge is 0.462 e. The maximum absolute atomic E-state index is 12.8. The molecule has 0 aromatic rings. The van der Waals surface area contributed by atoms with E-state index in [1.807, 2.05) is 6.08 Å². The zero-order chi connectivity index (χ0) is 49.3. The third-order valence-corrected chi connectivity index (χ3v) is 11.6. The number of ether oxygens (including phenoxy) is 3. The van der Waals surface area contributed by atoms with Gasteiger partial charge in [0, 0.05) is 19.3 Å². The molecule has 1 atom stereocenters. The monoisotopic (exact) mass is 943 g/mol. The standard InChI is InChI=1S/C62H102O6/c1-4-7-10-13-16-19-22-25-27-29-31-33-34-37-40-43-46-49-52-55-61(64)67-58-59(57-66-60(63)54-51-48-45-42-39-36-24-21-18-15-12-9-6-3)68-62(65)56-53-50-47-44-41-38-35-32-30-28-26-23-20-17-14-11-8-5-2/h7,10,16,19,23,25-28,30-33,35-36,39,45,48,59H,4-6,8-9,11-15,17-18,20-22,24,29,34,37-38,40-44,46-47,49-58H2,1-3H3/b10-7+,19-16+,26-23+,27-25+,30-28+,33-31+,35-32+,39-36+,48-45+. The van der Waals surface area contributed by atoms with E-state index in [2.05, 4.69) is 124 Å². The van der Waals surface area contributed by atoms with Gasteiger partial charge in [0.15, 0.2) is 6.10 Å². The van der Waals surface area contributed by atoms with Gasteiger partial charge in [0.1, 0.15) is 13.2 Å². The van der Waals surface area contributed by atoms with Crippen molar-refractivity contribution in [3.8, 4) is 0 Å². The second-order valence-corrected chi connectivity index (χ2v) is 18.2. The first kappa shape index (κ1) is 64.1. The first-order valence-corrected chi connectivity index (χ1v) is 27.9. The van der Waals surface area contributed by atoms with E-state index in [0.717, 1.165) is 116 Å². The second kappa shape index (κ2) is 55.7. The van der Waals surface area contributed by atoms with Crippen LogP contribution in [0.15, 0.2) is 109 Å². The maximum atomic E-state index is 12.8. The number of esters is 3. The van der Waals surface area contributed by atoms with Crippen molar-refractivity contribution in [2.24, 2.45) is 0 Å². The van der Waals surface area contributed by atoms with Crippen molar-refractivity contribution in [1.29, 1.82) is 0 Å². The van der Waals surface area contributed by atoms with E-state index in [4.69, 9.17) is 14.2 Å². The molecule has 0 saturated carbocycles. The molecule has 6 heteroatoms. The Balaban J connectivity index is 4.51. The molecule has 0 radical (unpaired) electrons. The zero-order valence-corrected chi connectivity index (χ0v) is 44.1. The van der Waals surface area contributed by atoms with E-state index in [-0.39, 0.29) is 44.0 Å². The lowest BCUT2D eigenvalue weighted by Crippen LogP contribution is -2.30. The summed E-state index contributed by atoms with van der Waals surface area (Å²) in [6.45, 7) is 6.42. The summed E-state index contributed by atoms with van der Waals surface area (Å²) >= 11 is 0. The Bertz CT molecular complexity index is 1410. The summed E-state index contributed by atoms with van der Waals surface area (Å²) < 4.78 is 16.8. The quantitative estimate of drug-likeness (QED) is 0.0199. The van der Waals surface area contributed by atoms with E-state index in [1.54, 1.807) is 0 Å². The van der Waals surface area contributed by atoms with Gasteiger partial charge >= 0.3 is 17.9 Å². The SMILES string of the molecule is CC/C=C/C/C=C/C/C=C/C/C=C/CCCCCCCCC(=O)OCC(COC(=O)CC/C=C/C/C=C/CCCCCCCC)OC(=O)CCCCCCC/C=C/C=C/C=C/CCCCCCC. The predicted molar refractivity (Wildman–Crippen MR) is 293 cm³/mol. The summed E-state index contributed by atoms with van der Waals surface area (Å²) in [5.41, 5.74) is 0. The van der Waals surface area contributed by atoms with Crippen LogP contribution in [0.5, 0.6) is 0 Å². The number of carbonyl (C=O) groups excluding carboxylic acids is 3. The van der Waals surface area contributed by atoms with Crippen LogP contribution in [0, 0.1) is 0 Å². The van der Waals surface area contributed by atoms with Crippen LogP contribution in [0.1, 0.15) is 245 Å². The van der Waals surface area contributed by atoms with Crippen molar-refractivity contribution < 1.29 is 28.6 Å². The van der Waals surface area contributed by atoms with Crippen molar-refractivity contribution in [3.63, 3.8) is 0 Å². The molecular weight excluding hydrogens is 841 g/mol. The third kappa shape index (κ3) is 53.0. The van der Waals surface area contributed by atoms with Crippen LogP contribution in [-0.2, 0) is 28.6 Å². The highest BCUT2D eigenvalue weighted by Gasteiger charge is 2.19. The fourth-order valence-electron chi connectivity index (χ4n) is 7.37. The molecule has 0 heterocycles. The topological polar surface area (TPSA) is 78.9 Å². The average molecular weight is 943 g/mol. The van der Waals surface area contributed by atoms with Crippen LogP contribution in [0.4, 0.5) is 0 Å². The Morgan fingerprint density at radius 1 is 0.324 bits per heavy atom. The summed E-state index contributed by atoms with van der Waals surface area (Å²) in [5.74, 6) is -1.02. The van der Waals surface area contributed by atoms with Crippen LogP contribution in [-0.4, -0.2) is 37.2 Å². The van der Waals surface area contributed by atoms with Gasteiger partial charge in [-0.25, -0.2) is 0 Å². The van der Waals surface area contributed by atoms with Gasteiger partial charge in [-0.1, -0.05) is 233 Å². The molecule has 0 aliphatic rings. The molecule has 0 fully saturated rings. The lowest BCUT2D eigenvalue weighted by Gasteiger charge is -2.18. The van der Waals surface area contributed by atoms with Crippen LogP contribution in [0.3, 0.4) is 0 Å². The molecule has 6 nitrogen and oxygen atoms in total. The molecule has 0 N–H and O–H groups in total. The first-order chi connectivity index (χ1) is 33.5. The molecule has 0 aliphatic carbocycles. The number of unbranched alkanes of at least 4 members (excludes halogenated alkanes) is 22. The van der Waals surface area contributed by atoms with Crippen LogP contribution < -0.4 is 0 Å². The van der Waals surface area contributed by atoms with Gasteiger partial charge in [-0.05, 0) is 103 Å². The molecule has 386 valence electrons. The molecule has 0 aromatic heterocycles. The molecule has 0 saturated heterocycles. The minimum absolute atomic E-state index is 0.113. The van der Waals surface area contributed by atoms with Crippen LogP contribution >= 0.6 is 0 Å². The highest BCUT2D eigenvalue weighted by Crippen LogP contribution is 2.13. The van der Waals surface area contributed by atoms with Crippen LogP contribution in [0.2, 0.25) is 0 Å². The Morgan fingerprint density at radius 2 is 0.662 bits per heavy atom. The van der Waals surface area contributed by atoms with Crippen molar-refractivity contribution in [2.75, 3.05) is 13.2 Å². The molecule has 0 bridgehead atoms. The molecule has 0 amide bonds. The Kier molecular flexibility index (Phi) is 52.4. The minimum Gasteiger partial charge on any atom is -0.462 e. The molecule has 0 rings (SSSR count). The third-order valence-electron chi connectivity index (χ3n) is 11.6. The predicted octanol–water partition coefficient (Wildman–Crippen LogP) is 18.7. The Morgan fingerprint density at radius 3 is 1.10 bits per heavy atom. The maximum Gasteiger partial charge on any atom is 0.306 e. The van der Waals surface area contributed by atoms with Gasteiger partial charge < -0.3 is 14.2 Å². The number of hydrogen-bond acceptors (Lipinski definition) is 6. The van der Waals surface area contributed by atoms with Gasteiger partial charge in [-0.2, -0.15) is 0 Å². The number of carbonyl (C=O) groups is 3. The van der Waals surface area contributed by atoms with E-state index in [9.17, 15) is 14.4 Å². The van der Waals surface area contributed by atoms with Crippen molar-refractivity contribution >= 4 is 17.9 Å². The zero-order valence-electron chi connectivity index (χ0n) is 44.1. The number of hydrogen-bond donors (Lipinski definition) is 0. The van der Waals surface area contributed by atoms with Crippen molar-refractivity contribution in [1.82, 2.24) is 0 Å². The smallest absolute Gasteiger partial charge is 0.306 e. The second-order valence-electron chi connectivity index (χ2n) is 18.2.